The predicted octanol–water partition coefficient (Wildman–Crippen LogP) is 3.92. The maximum absolute atomic E-state index is 10.5. The van der Waals surface area contributed by atoms with E-state index >= 15 is 0 Å². The van der Waals surface area contributed by atoms with Crippen molar-refractivity contribution in [3.05, 3.63) is 65.7 Å². The molecule has 3 rings (SSSR count). The highest BCUT2D eigenvalue weighted by atomic mass is 16.5. The number of benzene rings is 2. The number of para-hydroxylation sites is 1. The summed E-state index contributed by atoms with van der Waals surface area (Å²) >= 11 is 0. The highest BCUT2D eigenvalue weighted by Gasteiger charge is 2.27. The summed E-state index contributed by atoms with van der Waals surface area (Å²) in [6, 6.07) is 18.1. The largest absolute Gasteiger partial charge is 0.493 e. The van der Waals surface area contributed by atoms with Crippen LogP contribution in [0.15, 0.2) is 54.6 Å². The minimum absolute atomic E-state index is 0.206. The van der Waals surface area contributed by atoms with E-state index in [1.807, 2.05) is 42.5 Å². The Labute approximate surface area is 120 Å². The number of ether oxygens (including phenoxy) is 1. The van der Waals surface area contributed by atoms with Crippen LogP contribution in [0.1, 0.15) is 36.5 Å². The maximum Gasteiger partial charge on any atom is 0.122 e. The molecule has 3 atom stereocenters. The second kappa shape index (κ2) is 5.68. The Morgan fingerprint density at radius 1 is 1.10 bits per heavy atom. The molecule has 0 saturated heterocycles. The lowest BCUT2D eigenvalue weighted by Gasteiger charge is -2.22. The van der Waals surface area contributed by atoms with Gasteiger partial charge in [0.25, 0.3) is 0 Å². The molecule has 2 aromatic carbocycles. The van der Waals surface area contributed by atoms with E-state index in [1.54, 1.807) is 0 Å². The molecule has 0 aliphatic carbocycles. The summed E-state index contributed by atoms with van der Waals surface area (Å²) in [4.78, 5) is 0. The summed E-state index contributed by atoms with van der Waals surface area (Å²) in [5.41, 5.74) is 2.27. The molecule has 0 fully saturated rings. The van der Waals surface area contributed by atoms with E-state index in [4.69, 9.17) is 4.74 Å². The molecular weight excluding hydrogens is 248 g/mol. The lowest BCUT2D eigenvalue weighted by molar-refractivity contribution is 0.106. The van der Waals surface area contributed by atoms with Crippen molar-refractivity contribution in [2.24, 2.45) is 5.92 Å². The third kappa shape index (κ3) is 2.56. The second-order valence-electron chi connectivity index (χ2n) is 5.61. The molecule has 2 heteroatoms. The minimum Gasteiger partial charge on any atom is -0.493 e. The van der Waals surface area contributed by atoms with Crippen molar-refractivity contribution in [3.63, 3.8) is 0 Å². The van der Waals surface area contributed by atoms with Crippen LogP contribution in [0, 0.1) is 5.92 Å². The van der Waals surface area contributed by atoms with Gasteiger partial charge in [0.15, 0.2) is 0 Å². The van der Waals surface area contributed by atoms with E-state index in [0.29, 0.717) is 5.92 Å². The van der Waals surface area contributed by atoms with Crippen LogP contribution in [0.2, 0.25) is 0 Å². The first-order valence-electron chi connectivity index (χ1n) is 7.20. The van der Waals surface area contributed by atoms with E-state index < -0.39 is 6.10 Å². The van der Waals surface area contributed by atoms with Crippen LogP contribution in [-0.4, -0.2) is 11.7 Å². The molecule has 0 bridgehead atoms. The molecule has 20 heavy (non-hydrogen) atoms. The average molecular weight is 268 g/mol. The van der Waals surface area contributed by atoms with E-state index in [9.17, 15) is 5.11 Å². The van der Waals surface area contributed by atoms with Gasteiger partial charge in [-0.15, -0.1) is 0 Å². The summed E-state index contributed by atoms with van der Waals surface area (Å²) in [7, 11) is 0. The van der Waals surface area contributed by atoms with Crippen LogP contribution >= 0.6 is 0 Å². The Bertz CT molecular complexity index is 565. The highest BCUT2D eigenvalue weighted by molar-refractivity contribution is 5.39. The van der Waals surface area contributed by atoms with Crippen molar-refractivity contribution in [1.29, 1.82) is 0 Å². The number of hydrogen-bond donors (Lipinski definition) is 1. The fraction of sp³-hybridized carbons (Fsp3) is 0.333. The van der Waals surface area contributed by atoms with Gasteiger partial charge in [0.05, 0.1) is 12.7 Å². The number of aliphatic hydroxyl groups is 1. The molecule has 1 aliphatic heterocycles. The van der Waals surface area contributed by atoms with Gasteiger partial charge in [-0.2, -0.15) is 0 Å². The smallest absolute Gasteiger partial charge is 0.122 e. The van der Waals surface area contributed by atoms with Crippen LogP contribution in [0.25, 0.3) is 0 Å². The third-order valence-electron chi connectivity index (χ3n) is 4.14. The molecule has 3 unspecified atom stereocenters. The van der Waals surface area contributed by atoms with Crippen LogP contribution in [0.3, 0.4) is 0 Å². The van der Waals surface area contributed by atoms with E-state index in [0.717, 1.165) is 24.3 Å². The molecule has 0 amide bonds. The summed E-state index contributed by atoms with van der Waals surface area (Å²) in [6.45, 7) is 2.84. The average Bonchev–Trinajstić information content (AvgIpc) is 2.91. The van der Waals surface area contributed by atoms with Crippen molar-refractivity contribution in [2.45, 2.75) is 25.4 Å². The summed E-state index contributed by atoms with van der Waals surface area (Å²) in [6.07, 6.45) is 0.525. The molecular formula is C18H20O2. The van der Waals surface area contributed by atoms with Crippen LogP contribution in [0.5, 0.6) is 5.75 Å². The molecule has 104 valence electrons. The number of aliphatic hydroxyl groups excluding tert-OH is 1. The van der Waals surface area contributed by atoms with Gasteiger partial charge in [0, 0.05) is 11.5 Å². The Morgan fingerprint density at radius 3 is 2.60 bits per heavy atom. The molecule has 1 aliphatic rings. The summed E-state index contributed by atoms with van der Waals surface area (Å²) in [5.74, 6) is 1.59. The SMILES string of the molecule is CC(CC1COc2ccccc21)C(O)c1ccccc1. The zero-order valence-corrected chi connectivity index (χ0v) is 11.7. The Balaban J connectivity index is 1.70. The Kier molecular flexibility index (Phi) is 3.75. The van der Waals surface area contributed by atoms with Crippen LogP contribution in [-0.2, 0) is 0 Å². The van der Waals surface area contributed by atoms with E-state index in [2.05, 4.69) is 19.1 Å². The van der Waals surface area contributed by atoms with E-state index in [-0.39, 0.29) is 5.92 Å². The molecule has 0 saturated carbocycles. The van der Waals surface area contributed by atoms with Crippen molar-refractivity contribution < 1.29 is 9.84 Å². The van der Waals surface area contributed by atoms with Gasteiger partial charge < -0.3 is 9.84 Å². The maximum atomic E-state index is 10.5. The molecule has 0 spiro atoms. The zero-order chi connectivity index (χ0) is 13.9. The second-order valence-corrected chi connectivity index (χ2v) is 5.61. The topological polar surface area (TPSA) is 29.5 Å². The van der Waals surface area contributed by atoms with Crippen LogP contribution < -0.4 is 4.74 Å². The molecule has 1 N–H and O–H groups in total. The first-order valence-corrected chi connectivity index (χ1v) is 7.20. The molecule has 2 nitrogen and oxygen atoms in total. The molecule has 2 aromatic rings. The van der Waals surface area contributed by atoms with Gasteiger partial charge >= 0.3 is 0 Å². The highest BCUT2D eigenvalue weighted by Crippen LogP contribution is 2.39. The van der Waals surface area contributed by atoms with Gasteiger partial charge in [-0.25, -0.2) is 0 Å². The summed E-state index contributed by atoms with van der Waals surface area (Å²) < 4.78 is 5.72. The lowest BCUT2D eigenvalue weighted by atomic mass is 9.86. The minimum atomic E-state index is -0.413. The Hall–Kier alpha value is -1.80. The first kappa shape index (κ1) is 13.2. The van der Waals surface area contributed by atoms with Crippen molar-refractivity contribution in [2.75, 3.05) is 6.61 Å². The third-order valence-corrected chi connectivity index (χ3v) is 4.14. The number of rotatable bonds is 4. The molecule has 0 radical (unpaired) electrons. The summed E-state index contributed by atoms with van der Waals surface area (Å²) in [5, 5.41) is 10.5. The van der Waals surface area contributed by atoms with Gasteiger partial charge in [-0.3, -0.25) is 0 Å². The monoisotopic (exact) mass is 268 g/mol. The molecule has 0 aromatic heterocycles. The van der Waals surface area contributed by atoms with Crippen LogP contribution in [0.4, 0.5) is 0 Å². The van der Waals surface area contributed by atoms with Crippen molar-refractivity contribution in [1.82, 2.24) is 0 Å². The Morgan fingerprint density at radius 2 is 1.80 bits per heavy atom. The quantitative estimate of drug-likeness (QED) is 0.910. The number of fused-ring (bicyclic) bond motifs is 1. The van der Waals surface area contributed by atoms with Gasteiger partial charge in [-0.1, -0.05) is 55.5 Å². The fourth-order valence-corrected chi connectivity index (χ4v) is 2.98. The van der Waals surface area contributed by atoms with E-state index in [1.165, 1.54) is 5.56 Å². The molecule has 1 heterocycles. The zero-order valence-electron chi connectivity index (χ0n) is 11.7. The predicted molar refractivity (Wildman–Crippen MR) is 79.9 cm³/mol. The first-order chi connectivity index (χ1) is 9.75. The van der Waals surface area contributed by atoms with Crippen molar-refractivity contribution >= 4 is 0 Å². The standard InChI is InChI=1S/C18H20O2/c1-13(18(19)14-7-3-2-4-8-14)11-15-12-20-17-10-6-5-9-16(15)17/h2-10,13,15,18-19H,11-12H2,1H3. The van der Waals surface area contributed by atoms with Gasteiger partial charge in [0.2, 0.25) is 0 Å². The lowest BCUT2D eigenvalue weighted by Crippen LogP contribution is -2.14. The number of hydrogen-bond acceptors (Lipinski definition) is 2. The van der Waals surface area contributed by atoms with Crippen molar-refractivity contribution in [3.8, 4) is 5.75 Å². The normalized spacial score (nSPS) is 20.0. The fourth-order valence-electron chi connectivity index (χ4n) is 2.98. The van der Waals surface area contributed by atoms with Gasteiger partial charge in [0.1, 0.15) is 5.75 Å². The van der Waals surface area contributed by atoms with Gasteiger partial charge in [-0.05, 0) is 24.0 Å².